The second-order valence-corrected chi connectivity index (χ2v) is 9.75. The van der Waals surface area contributed by atoms with Gasteiger partial charge in [0.15, 0.2) is 0 Å². The lowest BCUT2D eigenvalue weighted by molar-refractivity contribution is -0.134. The van der Waals surface area contributed by atoms with Crippen LogP contribution in [0.3, 0.4) is 0 Å². The first-order valence-corrected chi connectivity index (χ1v) is 12.3. The summed E-state index contributed by atoms with van der Waals surface area (Å²) < 4.78 is 7.70. The summed E-state index contributed by atoms with van der Waals surface area (Å²) in [5, 5.41) is 26.2. The maximum atomic E-state index is 13.3. The van der Waals surface area contributed by atoms with Gasteiger partial charge in [-0.2, -0.15) is 0 Å². The Bertz CT molecular complexity index is 1080. The second-order valence-electron chi connectivity index (χ2n) is 9.75. The molecule has 0 fully saturated rings. The summed E-state index contributed by atoms with van der Waals surface area (Å²) in [6.07, 6.45) is 0.938. The number of urea groups is 1. The Morgan fingerprint density at radius 3 is 2.70 bits per heavy atom. The van der Waals surface area contributed by atoms with Gasteiger partial charge in [0.25, 0.3) is 0 Å². The Morgan fingerprint density at radius 2 is 2.05 bits per heavy atom. The molecule has 1 aliphatic rings. The highest BCUT2D eigenvalue weighted by atomic mass is 16.5. The molecule has 3 rings (SSSR count). The molecule has 37 heavy (non-hydrogen) atoms. The van der Waals surface area contributed by atoms with E-state index in [2.05, 4.69) is 26.2 Å². The highest BCUT2D eigenvalue weighted by Gasteiger charge is 2.32. The molecule has 0 unspecified atom stereocenters. The maximum absolute atomic E-state index is 13.3. The molecule has 2 heterocycles. The number of anilines is 1. The molecule has 4 amide bonds. The van der Waals surface area contributed by atoms with Crippen molar-refractivity contribution in [2.45, 2.75) is 58.8 Å². The Hall–Kier alpha value is -3.74. The number of hydrogen-bond donors (Lipinski definition) is 3. The summed E-state index contributed by atoms with van der Waals surface area (Å²) in [4.78, 5) is 41.5. The van der Waals surface area contributed by atoms with Gasteiger partial charge < -0.3 is 30.3 Å². The number of fused-ring (bicyclic) bond motifs is 1. The molecule has 0 saturated heterocycles. The molecule has 13 heteroatoms. The zero-order valence-corrected chi connectivity index (χ0v) is 21.9. The number of hydrogen-bond acceptors (Lipinski definition) is 8. The minimum Gasteiger partial charge on any atom is -0.488 e. The predicted octanol–water partition coefficient (Wildman–Crippen LogP) is 0.511. The van der Waals surface area contributed by atoms with E-state index in [0.29, 0.717) is 30.1 Å². The van der Waals surface area contributed by atoms with Crippen molar-refractivity contribution in [1.29, 1.82) is 0 Å². The van der Waals surface area contributed by atoms with Crippen LogP contribution in [0.5, 0.6) is 5.75 Å². The van der Waals surface area contributed by atoms with E-state index in [1.54, 1.807) is 42.0 Å². The van der Waals surface area contributed by atoms with Crippen LogP contribution in [-0.2, 0) is 22.6 Å². The number of tetrazole rings is 1. The van der Waals surface area contributed by atoms with E-state index in [9.17, 15) is 19.5 Å². The van der Waals surface area contributed by atoms with Crippen LogP contribution in [0.1, 0.15) is 33.3 Å². The normalized spacial score (nSPS) is 18.7. The molecule has 0 radical (unpaired) electrons. The first kappa shape index (κ1) is 27.8. The monoisotopic (exact) mass is 516 g/mol. The van der Waals surface area contributed by atoms with Gasteiger partial charge in [-0.3, -0.25) is 9.59 Å². The number of aromatic nitrogens is 4. The summed E-state index contributed by atoms with van der Waals surface area (Å²) >= 11 is 0. The molecular formula is C24H36N8O5. The van der Waals surface area contributed by atoms with Gasteiger partial charge in [0.1, 0.15) is 24.7 Å². The van der Waals surface area contributed by atoms with Crippen molar-refractivity contribution in [3.05, 3.63) is 30.1 Å². The molecule has 2 aromatic rings. The van der Waals surface area contributed by atoms with Crippen LogP contribution in [0, 0.1) is 5.92 Å². The standard InChI is InChI=1S/C24H36N8O5/c1-15(2)26-24(36)30(5)11-21-16(3)10-32(17(4)13-33)23(35)9-18-8-19(6-7-20(18)37-21)27-22(34)12-31-14-25-28-29-31/h6-8,14-17,21,33H,9-13H2,1-5H3,(H,26,36)(H,27,34)/t16-,17+,21+/m1/s1. The van der Waals surface area contributed by atoms with E-state index in [-0.39, 0.29) is 49.4 Å². The van der Waals surface area contributed by atoms with Gasteiger partial charge in [-0.25, -0.2) is 9.48 Å². The molecule has 1 aromatic heterocycles. The number of carbonyl (C=O) groups is 3. The molecule has 13 nitrogen and oxygen atoms in total. The van der Waals surface area contributed by atoms with Gasteiger partial charge in [-0.15, -0.1) is 5.10 Å². The summed E-state index contributed by atoms with van der Waals surface area (Å²) in [5.74, 6) is -0.141. The van der Waals surface area contributed by atoms with E-state index >= 15 is 0 Å². The van der Waals surface area contributed by atoms with E-state index in [1.807, 2.05) is 20.8 Å². The average molecular weight is 517 g/mol. The quantitative estimate of drug-likeness (QED) is 0.458. The Morgan fingerprint density at radius 1 is 1.30 bits per heavy atom. The number of ether oxygens (including phenoxy) is 1. The van der Waals surface area contributed by atoms with E-state index in [1.165, 1.54) is 11.0 Å². The SMILES string of the molecule is CC(C)NC(=O)N(C)C[C@@H]1Oc2ccc(NC(=O)Cn3cnnn3)cc2CC(=O)N([C@@H](C)CO)C[C@H]1C. The van der Waals surface area contributed by atoms with Crippen molar-refractivity contribution >= 4 is 23.5 Å². The average Bonchev–Trinajstić information content (AvgIpc) is 3.35. The van der Waals surface area contributed by atoms with Gasteiger partial charge in [0.2, 0.25) is 11.8 Å². The second kappa shape index (κ2) is 12.5. The van der Waals surface area contributed by atoms with Gasteiger partial charge in [0, 0.05) is 36.8 Å². The highest BCUT2D eigenvalue weighted by molar-refractivity contribution is 5.91. The third kappa shape index (κ3) is 7.62. The molecule has 1 aromatic carbocycles. The third-order valence-corrected chi connectivity index (χ3v) is 6.11. The van der Waals surface area contributed by atoms with E-state index in [4.69, 9.17) is 4.74 Å². The van der Waals surface area contributed by atoms with Crippen molar-refractivity contribution in [3.63, 3.8) is 0 Å². The largest absolute Gasteiger partial charge is 0.488 e. The molecule has 202 valence electrons. The van der Waals surface area contributed by atoms with E-state index < -0.39 is 12.1 Å². The van der Waals surface area contributed by atoms with Crippen LogP contribution >= 0.6 is 0 Å². The fourth-order valence-corrected chi connectivity index (χ4v) is 4.04. The van der Waals surface area contributed by atoms with Crippen LogP contribution in [0.2, 0.25) is 0 Å². The molecule has 3 N–H and O–H groups in total. The third-order valence-electron chi connectivity index (χ3n) is 6.11. The number of aliphatic hydroxyl groups is 1. The van der Waals surface area contributed by atoms with Gasteiger partial charge >= 0.3 is 6.03 Å². The van der Waals surface area contributed by atoms with Crippen LogP contribution in [0.4, 0.5) is 10.5 Å². The minimum absolute atomic E-state index is 0.0116. The lowest BCUT2D eigenvalue weighted by Gasteiger charge is -2.34. The number of nitrogens with zero attached hydrogens (tertiary/aromatic N) is 6. The number of amides is 4. The fraction of sp³-hybridized carbons (Fsp3) is 0.583. The van der Waals surface area contributed by atoms with Crippen LogP contribution in [0.15, 0.2) is 24.5 Å². The number of aliphatic hydroxyl groups excluding tert-OH is 1. The lowest BCUT2D eigenvalue weighted by Crippen LogP contribution is -2.49. The van der Waals surface area contributed by atoms with E-state index in [0.717, 1.165) is 0 Å². The zero-order chi connectivity index (χ0) is 27.1. The summed E-state index contributed by atoms with van der Waals surface area (Å²) in [7, 11) is 1.70. The van der Waals surface area contributed by atoms with Gasteiger partial charge in [0.05, 0.1) is 25.6 Å². The Balaban J connectivity index is 1.87. The smallest absolute Gasteiger partial charge is 0.317 e. The van der Waals surface area contributed by atoms with Crippen LogP contribution < -0.4 is 15.4 Å². The molecule has 1 aliphatic heterocycles. The molecule has 0 aliphatic carbocycles. The summed E-state index contributed by atoms with van der Waals surface area (Å²) in [6.45, 7) is 7.93. The van der Waals surface area contributed by atoms with Crippen molar-refractivity contribution in [2.24, 2.45) is 5.92 Å². The topological polar surface area (TPSA) is 155 Å². The van der Waals surface area contributed by atoms with Crippen LogP contribution in [-0.4, -0.2) is 97.9 Å². The molecule has 0 spiro atoms. The maximum Gasteiger partial charge on any atom is 0.317 e. The van der Waals surface area contributed by atoms with Crippen molar-refractivity contribution in [2.75, 3.05) is 32.1 Å². The summed E-state index contributed by atoms with van der Waals surface area (Å²) in [5.41, 5.74) is 1.08. The first-order chi connectivity index (χ1) is 17.6. The lowest BCUT2D eigenvalue weighted by atomic mass is 10.0. The van der Waals surface area contributed by atoms with Gasteiger partial charge in [-0.05, 0) is 49.4 Å². The summed E-state index contributed by atoms with van der Waals surface area (Å²) in [6, 6.07) is 4.50. The Labute approximate surface area is 216 Å². The van der Waals surface area contributed by atoms with Gasteiger partial charge in [-0.1, -0.05) is 6.92 Å². The number of nitrogens with one attached hydrogen (secondary N) is 2. The molecule has 0 saturated carbocycles. The number of carbonyl (C=O) groups excluding carboxylic acids is 3. The highest BCUT2D eigenvalue weighted by Crippen LogP contribution is 2.29. The Kier molecular flexibility index (Phi) is 9.39. The van der Waals surface area contributed by atoms with Crippen molar-refractivity contribution in [1.82, 2.24) is 35.3 Å². The number of rotatable bonds is 8. The van der Waals surface area contributed by atoms with Crippen molar-refractivity contribution in [3.8, 4) is 5.75 Å². The molecule has 3 atom stereocenters. The minimum atomic E-state index is -0.429. The predicted molar refractivity (Wildman–Crippen MR) is 135 cm³/mol. The van der Waals surface area contributed by atoms with Crippen molar-refractivity contribution < 1.29 is 24.2 Å². The zero-order valence-electron chi connectivity index (χ0n) is 21.9. The first-order valence-electron chi connectivity index (χ1n) is 12.3. The molecule has 0 bridgehead atoms. The molecular weight excluding hydrogens is 480 g/mol. The number of likely N-dealkylation sites (N-methyl/N-ethyl adjacent to an activating group) is 1. The van der Waals surface area contributed by atoms with Crippen LogP contribution in [0.25, 0.3) is 0 Å². The fourth-order valence-electron chi connectivity index (χ4n) is 4.04. The number of benzene rings is 1.